The minimum absolute atomic E-state index is 0.0593. The van der Waals surface area contributed by atoms with Crippen LogP contribution in [-0.2, 0) is 9.47 Å². The van der Waals surface area contributed by atoms with Gasteiger partial charge in [0.05, 0.1) is 51.1 Å². The van der Waals surface area contributed by atoms with Crippen LogP contribution in [0.25, 0.3) is 27.6 Å². The smallest absolute Gasteiger partial charge is 0.426 e. The van der Waals surface area contributed by atoms with E-state index in [4.69, 9.17) is 28.4 Å². The van der Waals surface area contributed by atoms with Gasteiger partial charge in [0.25, 0.3) is 11.5 Å². The third kappa shape index (κ3) is 7.12. The van der Waals surface area contributed by atoms with Gasteiger partial charge in [-0.15, -0.1) is 0 Å². The van der Waals surface area contributed by atoms with Crippen molar-refractivity contribution in [3.63, 3.8) is 0 Å². The summed E-state index contributed by atoms with van der Waals surface area (Å²) in [5, 5.41) is 0.511. The van der Waals surface area contributed by atoms with Crippen molar-refractivity contribution < 1.29 is 42.8 Å². The van der Waals surface area contributed by atoms with Gasteiger partial charge in [-0.25, -0.2) is 15.0 Å². The number of methoxy groups -OCH3 is 5. The van der Waals surface area contributed by atoms with Crippen LogP contribution in [0, 0.1) is 0 Å². The zero-order valence-electron chi connectivity index (χ0n) is 27.0. The number of carbonyl (C=O) groups is 3. The van der Waals surface area contributed by atoms with Crippen molar-refractivity contribution in [2.24, 2.45) is 0 Å². The molecule has 4 aromatic rings. The highest BCUT2D eigenvalue weighted by Crippen LogP contribution is 2.44. The third-order valence-corrected chi connectivity index (χ3v) is 7.42. The fourth-order valence-corrected chi connectivity index (χ4v) is 5.49. The molecule has 0 saturated carbocycles. The van der Waals surface area contributed by atoms with Gasteiger partial charge >= 0.3 is 12.1 Å². The van der Waals surface area contributed by atoms with E-state index < -0.39 is 29.1 Å². The summed E-state index contributed by atoms with van der Waals surface area (Å²) in [4.78, 5) is 53.2. The quantitative estimate of drug-likeness (QED) is 0.179. The van der Waals surface area contributed by atoms with Crippen LogP contribution in [0.3, 0.4) is 0 Å². The number of hydrogen-bond donors (Lipinski definition) is 2. The molecule has 0 saturated heterocycles. The molecule has 1 aromatic heterocycles. The number of amides is 2. The number of benzene rings is 3. The predicted octanol–water partition coefficient (Wildman–Crippen LogP) is 5.41. The molecular formula is C33H34BrN3O10. The van der Waals surface area contributed by atoms with Crippen LogP contribution in [0.1, 0.15) is 41.6 Å². The second kappa shape index (κ2) is 14.0. The first-order valence-corrected chi connectivity index (χ1v) is 14.8. The monoisotopic (exact) mass is 711 g/mol. The molecule has 0 aliphatic carbocycles. The van der Waals surface area contributed by atoms with E-state index in [9.17, 15) is 19.2 Å². The van der Waals surface area contributed by atoms with E-state index in [1.807, 2.05) is 0 Å². The Morgan fingerprint density at radius 3 is 2.00 bits per heavy atom. The Morgan fingerprint density at radius 1 is 0.787 bits per heavy atom. The standard InChI is InChI=1S/C33H34BrN3O10/c1-33(2,3)47-32(41)36-35-29(38)17-10-9-11-19(12-17)37-27(31(40)46-8)26(18-13-22(34)28(45-7)25(14-18)44-6)20-15-23(42-4)24(43-5)16-21(20)30(37)39/h9-16H,1-8H3,(H,35,38)(H,36,41). The first-order valence-electron chi connectivity index (χ1n) is 14.0. The Labute approximate surface area is 278 Å². The van der Waals surface area contributed by atoms with Gasteiger partial charge in [0.2, 0.25) is 0 Å². The fraction of sp³-hybridized carbons (Fsp3) is 0.273. The van der Waals surface area contributed by atoms with E-state index >= 15 is 0 Å². The summed E-state index contributed by atoms with van der Waals surface area (Å²) >= 11 is 3.52. The van der Waals surface area contributed by atoms with Crippen molar-refractivity contribution in [2.45, 2.75) is 26.4 Å². The summed E-state index contributed by atoms with van der Waals surface area (Å²) in [5.74, 6) is -0.218. The minimum Gasteiger partial charge on any atom is -0.493 e. The maximum absolute atomic E-state index is 14.4. The fourth-order valence-electron chi connectivity index (χ4n) is 4.88. The lowest BCUT2D eigenvalue weighted by molar-refractivity contribution is 0.0483. The van der Waals surface area contributed by atoms with Crippen LogP contribution in [0.15, 0.2) is 57.8 Å². The number of hydrogen-bond acceptors (Lipinski definition) is 10. The highest BCUT2D eigenvalue weighted by atomic mass is 79.9. The lowest BCUT2D eigenvalue weighted by atomic mass is 9.95. The van der Waals surface area contributed by atoms with Crippen molar-refractivity contribution in [3.05, 3.63) is 74.6 Å². The summed E-state index contributed by atoms with van der Waals surface area (Å²) in [7, 11) is 7.03. The molecule has 1 heterocycles. The molecule has 2 N–H and O–H groups in total. The second-order valence-corrected chi connectivity index (χ2v) is 11.8. The zero-order valence-corrected chi connectivity index (χ0v) is 28.6. The number of halogens is 1. The molecular weight excluding hydrogens is 678 g/mol. The molecule has 0 fully saturated rings. The first-order chi connectivity index (χ1) is 22.3. The van der Waals surface area contributed by atoms with Gasteiger partial charge in [0.1, 0.15) is 11.3 Å². The van der Waals surface area contributed by atoms with E-state index in [0.717, 1.165) is 4.57 Å². The highest BCUT2D eigenvalue weighted by Gasteiger charge is 2.28. The summed E-state index contributed by atoms with van der Waals surface area (Å²) in [6, 6.07) is 12.4. The molecule has 47 heavy (non-hydrogen) atoms. The van der Waals surface area contributed by atoms with Crippen molar-refractivity contribution in [1.82, 2.24) is 15.4 Å². The number of ether oxygens (including phenoxy) is 6. The van der Waals surface area contributed by atoms with Crippen LogP contribution < -0.4 is 35.4 Å². The second-order valence-electron chi connectivity index (χ2n) is 10.9. The van der Waals surface area contributed by atoms with E-state index in [2.05, 4.69) is 26.8 Å². The van der Waals surface area contributed by atoms with E-state index in [1.165, 1.54) is 59.8 Å². The van der Waals surface area contributed by atoms with Crippen molar-refractivity contribution in [3.8, 4) is 39.8 Å². The zero-order chi connectivity index (χ0) is 34.6. The number of carbonyl (C=O) groups excluding carboxylic acids is 3. The van der Waals surface area contributed by atoms with Crippen LogP contribution >= 0.6 is 15.9 Å². The van der Waals surface area contributed by atoms with Crippen molar-refractivity contribution in [2.75, 3.05) is 35.5 Å². The number of nitrogens with zero attached hydrogens (tertiary/aromatic N) is 1. The van der Waals surface area contributed by atoms with Crippen molar-refractivity contribution in [1.29, 1.82) is 0 Å². The van der Waals surface area contributed by atoms with Gasteiger partial charge in [-0.2, -0.15) is 0 Å². The van der Waals surface area contributed by atoms with Crippen LogP contribution in [0.2, 0.25) is 0 Å². The molecule has 0 unspecified atom stereocenters. The summed E-state index contributed by atoms with van der Waals surface area (Å²) in [5.41, 5.74) is 3.87. The molecule has 248 valence electrons. The molecule has 13 nitrogen and oxygen atoms in total. The van der Waals surface area contributed by atoms with Gasteiger partial charge in [0.15, 0.2) is 23.0 Å². The van der Waals surface area contributed by atoms with E-state index in [1.54, 1.807) is 45.0 Å². The lowest BCUT2D eigenvalue weighted by Crippen LogP contribution is -2.44. The maximum atomic E-state index is 14.4. The van der Waals surface area contributed by atoms with E-state index in [-0.39, 0.29) is 33.6 Å². The minimum atomic E-state index is -0.865. The van der Waals surface area contributed by atoms with Gasteiger partial charge in [-0.3, -0.25) is 19.6 Å². The number of esters is 1. The average molecular weight is 713 g/mol. The molecule has 0 radical (unpaired) electrons. The van der Waals surface area contributed by atoms with Crippen LogP contribution in [-0.4, -0.2) is 63.7 Å². The first kappa shape index (κ1) is 34.6. The van der Waals surface area contributed by atoms with Gasteiger partial charge < -0.3 is 28.4 Å². The number of fused-ring (bicyclic) bond motifs is 1. The molecule has 3 aromatic carbocycles. The number of nitrogens with one attached hydrogen (secondary N) is 2. The molecule has 0 atom stereocenters. The normalized spacial score (nSPS) is 11.0. The highest BCUT2D eigenvalue weighted by molar-refractivity contribution is 9.10. The maximum Gasteiger partial charge on any atom is 0.426 e. The molecule has 4 rings (SSSR count). The SMILES string of the molecule is COC(=O)c1c(-c2cc(Br)c(OC)c(OC)c2)c2cc(OC)c(OC)cc2c(=O)n1-c1cccc(C(=O)NNC(=O)OC(C)(C)C)c1. The molecule has 0 bridgehead atoms. The van der Waals surface area contributed by atoms with Crippen LogP contribution in [0.4, 0.5) is 4.79 Å². The molecule has 0 spiro atoms. The molecule has 2 amide bonds. The largest absolute Gasteiger partial charge is 0.493 e. The van der Waals surface area contributed by atoms with Crippen molar-refractivity contribution >= 4 is 44.7 Å². The number of hydrazine groups is 1. The van der Waals surface area contributed by atoms with Crippen LogP contribution in [0.5, 0.6) is 23.0 Å². The Morgan fingerprint density at radius 2 is 1.43 bits per heavy atom. The molecule has 0 aliphatic rings. The summed E-state index contributed by atoms with van der Waals surface area (Å²) in [6.07, 6.45) is -0.865. The van der Waals surface area contributed by atoms with Gasteiger partial charge in [0, 0.05) is 16.5 Å². The molecule has 0 aliphatic heterocycles. The Bertz CT molecular complexity index is 1930. The third-order valence-electron chi connectivity index (χ3n) is 6.83. The lowest BCUT2D eigenvalue weighted by Gasteiger charge is -2.21. The summed E-state index contributed by atoms with van der Waals surface area (Å²) < 4.78 is 34.1. The number of rotatable bonds is 8. The average Bonchev–Trinajstić information content (AvgIpc) is 3.04. The van der Waals surface area contributed by atoms with E-state index in [0.29, 0.717) is 32.7 Å². The van der Waals surface area contributed by atoms with Gasteiger partial charge in [-0.05, 0) is 84.7 Å². The topological polar surface area (TPSA) is 153 Å². The summed E-state index contributed by atoms with van der Waals surface area (Å²) in [6.45, 7) is 5.04. The molecule has 14 heteroatoms. The Kier molecular flexibility index (Phi) is 10.3. The predicted molar refractivity (Wildman–Crippen MR) is 177 cm³/mol. The Hall–Kier alpha value is -5.24. The van der Waals surface area contributed by atoms with Gasteiger partial charge in [-0.1, -0.05) is 6.07 Å². The number of aromatic nitrogens is 1. The number of pyridine rings is 1. The Balaban J connectivity index is 2.05.